The van der Waals surface area contributed by atoms with Gasteiger partial charge in [-0.1, -0.05) is 36.3 Å². The van der Waals surface area contributed by atoms with Crippen LogP contribution in [-0.2, 0) is 0 Å². The lowest BCUT2D eigenvalue weighted by Gasteiger charge is -2.28. The molecule has 0 aromatic carbocycles. The Labute approximate surface area is 112 Å². The molecule has 3 aliphatic rings. The summed E-state index contributed by atoms with van der Waals surface area (Å²) >= 11 is 0. The molecule has 0 N–H and O–H groups in total. The first-order valence-electron chi connectivity index (χ1n) is 7.92. The minimum Gasteiger partial charge on any atom is -0.0956 e. The lowest BCUT2D eigenvalue weighted by atomic mass is 9.77. The predicted molar refractivity (Wildman–Crippen MR) is 78.5 cm³/mol. The summed E-state index contributed by atoms with van der Waals surface area (Å²) in [6.07, 6.45) is 18.8. The summed E-state index contributed by atoms with van der Waals surface area (Å²) in [7, 11) is 0. The summed E-state index contributed by atoms with van der Waals surface area (Å²) < 4.78 is 0. The third-order valence-corrected chi connectivity index (χ3v) is 5.30. The molecule has 98 valence electrons. The smallest absolute Gasteiger partial charge is 0.0172 e. The van der Waals surface area contributed by atoms with E-state index in [0.717, 1.165) is 11.8 Å². The molecule has 2 atom stereocenters. The van der Waals surface area contributed by atoms with Gasteiger partial charge in [-0.15, -0.1) is 0 Å². The van der Waals surface area contributed by atoms with E-state index in [-0.39, 0.29) is 0 Å². The van der Waals surface area contributed by atoms with Crippen molar-refractivity contribution in [2.45, 2.75) is 64.2 Å². The van der Waals surface area contributed by atoms with Crippen molar-refractivity contribution >= 4 is 0 Å². The molecule has 0 aliphatic heterocycles. The van der Waals surface area contributed by atoms with Crippen molar-refractivity contribution in [2.24, 2.45) is 11.8 Å². The Morgan fingerprint density at radius 3 is 2.56 bits per heavy atom. The van der Waals surface area contributed by atoms with Crippen LogP contribution in [0.5, 0.6) is 0 Å². The van der Waals surface area contributed by atoms with Gasteiger partial charge in [0.2, 0.25) is 0 Å². The summed E-state index contributed by atoms with van der Waals surface area (Å²) in [5.41, 5.74) is 4.69. The zero-order valence-corrected chi connectivity index (χ0v) is 11.6. The van der Waals surface area contributed by atoms with Crippen LogP contribution in [0.1, 0.15) is 64.2 Å². The van der Waals surface area contributed by atoms with E-state index in [0.29, 0.717) is 0 Å². The molecule has 0 aromatic rings. The van der Waals surface area contributed by atoms with Gasteiger partial charge in [0, 0.05) is 0 Å². The first kappa shape index (κ1) is 12.3. The second kappa shape index (κ2) is 5.47. The quantitative estimate of drug-likeness (QED) is 0.564. The van der Waals surface area contributed by atoms with Gasteiger partial charge >= 0.3 is 0 Å². The molecule has 0 radical (unpaired) electrons. The second-order valence-corrected chi connectivity index (χ2v) is 6.43. The van der Waals surface area contributed by atoms with E-state index in [1.165, 1.54) is 75.4 Å². The highest BCUT2D eigenvalue weighted by molar-refractivity contribution is 5.34. The Hall–Kier alpha value is -0.780. The number of allylic oxidation sites excluding steroid dienone is 5. The van der Waals surface area contributed by atoms with E-state index in [1.54, 1.807) is 5.57 Å². The van der Waals surface area contributed by atoms with Crippen LogP contribution in [0.15, 0.2) is 35.5 Å². The molecule has 0 nitrogen and oxygen atoms in total. The van der Waals surface area contributed by atoms with Gasteiger partial charge in [-0.2, -0.15) is 0 Å². The van der Waals surface area contributed by atoms with Crippen LogP contribution < -0.4 is 0 Å². The first-order chi connectivity index (χ1) is 8.84. The summed E-state index contributed by atoms with van der Waals surface area (Å²) in [6.45, 7) is 4.23. The highest BCUT2D eigenvalue weighted by Gasteiger charge is 2.32. The van der Waals surface area contributed by atoms with Crippen molar-refractivity contribution in [1.82, 2.24) is 0 Å². The fraction of sp³-hybridized carbons (Fsp3) is 0.667. The standard InChI is InChI=1S/C18H26/c1-14-6-2-3-7-15(14)12-13-17-9-4-8-16-10-5-11-18(16)17/h12-13,16,18H,1-11H2. The maximum atomic E-state index is 4.23. The summed E-state index contributed by atoms with van der Waals surface area (Å²) in [6, 6.07) is 0. The topological polar surface area (TPSA) is 0 Å². The molecule has 3 rings (SSSR count). The fourth-order valence-corrected chi connectivity index (χ4v) is 4.23. The number of rotatable bonds is 1. The monoisotopic (exact) mass is 242 g/mol. The van der Waals surface area contributed by atoms with Gasteiger partial charge in [-0.05, 0) is 75.2 Å². The van der Waals surface area contributed by atoms with E-state index in [1.807, 2.05) is 0 Å². The molecule has 0 amide bonds. The van der Waals surface area contributed by atoms with Gasteiger partial charge in [0.1, 0.15) is 0 Å². The molecular weight excluding hydrogens is 216 g/mol. The Balaban J connectivity index is 1.74. The maximum Gasteiger partial charge on any atom is -0.0172 e. The SMILES string of the molecule is C=C1CCCCC1=CC=C1CCCC2CCCC12. The molecular formula is C18H26. The molecule has 0 saturated heterocycles. The van der Waals surface area contributed by atoms with Crippen LogP contribution in [0, 0.1) is 11.8 Å². The van der Waals surface area contributed by atoms with Crippen LogP contribution >= 0.6 is 0 Å². The van der Waals surface area contributed by atoms with Crippen molar-refractivity contribution in [1.29, 1.82) is 0 Å². The fourth-order valence-electron chi connectivity index (χ4n) is 4.23. The van der Waals surface area contributed by atoms with Crippen molar-refractivity contribution in [2.75, 3.05) is 0 Å². The molecule has 18 heavy (non-hydrogen) atoms. The molecule has 0 heterocycles. The van der Waals surface area contributed by atoms with E-state index >= 15 is 0 Å². The molecule has 0 spiro atoms. The highest BCUT2D eigenvalue weighted by Crippen LogP contribution is 2.45. The summed E-state index contributed by atoms with van der Waals surface area (Å²) in [4.78, 5) is 0. The average Bonchev–Trinajstić information content (AvgIpc) is 2.86. The molecule has 3 aliphatic carbocycles. The van der Waals surface area contributed by atoms with Gasteiger partial charge in [-0.25, -0.2) is 0 Å². The lowest BCUT2D eigenvalue weighted by Crippen LogP contribution is -2.16. The summed E-state index contributed by atoms with van der Waals surface area (Å²) in [5.74, 6) is 1.96. The second-order valence-electron chi connectivity index (χ2n) is 6.43. The number of hydrogen-bond donors (Lipinski definition) is 0. The van der Waals surface area contributed by atoms with Crippen molar-refractivity contribution in [3.63, 3.8) is 0 Å². The van der Waals surface area contributed by atoms with E-state index in [2.05, 4.69) is 18.7 Å². The van der Waals surface area contributed by atoms with Crippen LogP contribution in [0.25, 0.3) is 0 Å². The van der Waals surface area contributed by atoms with Gasteiger partial charge in [0.15, 0.2) is 0 Å². The zero-order chi connectivity index (χ0) is 12.4. The van der Waals surface area contributed by atoms with Crippen LogP contribution in [-0.4, -0.2) is 0 Å². The predicted octanol–water partition coefficient (Wildman–Crippen LogP) is 5.57. The Morgan fingerprint density at radius 2 is 1.67 bits per heavy atom. The molecule has 3 saturated carbocycles. The van der Waals surface area contributed by atoms with E-state index < -0.39 is 0 Å². The third kappa shape index (κ3) is 2.48. The van der Waals surface area contributed by atoms with Crippen LogP contribution in [0.4, 0.5) is 0 Å². The Bertz CT molecular complexity index is 383. The molecule has 0 aromatic heterocycles. The average molecular weight is 242 g/mol. The molecule has 0 bridgehead atoms. The Kier molecular flexibility index (Phi) is 3.72. The van der Waals surface area contributed by atoms with Gasteiger partial charge < -0.3 is 0 Å². The maximum absolute atomic E-state index is 4.23. The van der Waals surface area contributed by atoms with Crippen molar-refractivity contribution < 1.29 is 0 Å². The lowest BCUT2D eigenvalue weighted by molar-refractivity contribution is 0.349. The van der Waals surface area contributed by atoms with Crippen molar-refractivity contribution in [3.8, 4) is 0 Å². The van der Waals surface area contributed by atoms with Gasteiger partial charge in [0.05, 0.1) is 0 Å². The highest BCUT2D eigenvalue weighted by atomic mass is 14.4. The molecule has 0 heteroatoms. The van der Waals surface area contributed by atoms with Crippen molar-refractivity contribution in [3.05, 3.63) is 35.5 Å². The third-order valence-electron chi connectivity index (χ3n) is 5.30. The molecule has 2 unspecified atom stereocenters. The first-order valence-corrected chi connectivity index (χ1v) is 7.92. The van der Waals surface area contributed by atoms with E-state index in [4.69, 9.17) is 0 Å². The van der Waals surface area contributed by atoms with E-state index in [9.17, 15) is 0 Å². The molecule has 3 fully saturated rings. The minimum absolute atomic E-state index is 0.937. The number of hydrogen-bond acceptors (Lipinski definition) is 0. The van der Waals surface area contributed by atoms with Crippen LogP contribution in [0.3, 0.4) is 0 Å². The van der Waals surface area contributed by atoms with Crippen LogP contribution in [0.2, 0.25) is 0 Å². The Morgan fingerprint density at radius 1 is 0.833 bits per heavy atom. The van der Waals surface area contributed by atoms with Gasteiger partial charge in [0.25, 0.3) is 0 Å². The normalized spacial score (nSPS) is 37.2. The largest absolute Gasteiger partial charge is 0.0956 e. The van der Waals surface area contributed by atoms with Gasteiger partial charge in [-0.3, -0.25) is 0 Å². The zero-order valence-electron chi connectivity index (χ0n) is 11.6. The number of fused-ring (bicyclic) bond motifs is 1. The summed E-state index contributed by atoms with van der Waals surface area (Å²) in [5, 5.41) is 0. The minimum atomic E-state index is 0.937.